The first-order chi connectivity index (χ1) is 22.1. The van der Waals surface area contributed by atoms with Crippen molar-refractivity contribution in [3.63, 3.8) is 0 Å². The Labute approximate surface area is 280 Å². The monoisotopic (exact) mass is 658 g/mol. The van der Waals surface area contributed by atoms with Gasteiger partial charge in [0.15, 0.2) is 11.5 Å². The van der Waals surface area contributed by atoms with Crippen molar-refractivity contribution in [3.8, 4) is 11.5 Å². The van der Waals surface area contributed by atoms with E-state index in [1.807, 2.05) is 19.9 Å². The number of nitrogens with two attached hydrogens (primary N) is 1. The van der Waals surface area contributed by atoms with Crippen LogP contribution in [0.25, 0.3) is 0 Å². The van der Waals surface area contributed by atoms with E-state index in [1.54, 1.807) is 13.2 Å². The molecule has 5 aliphatic carbocycles. The van der Waals surface area contributed by atoms with Crippen LogP contribution in [0.4, 0.5) is 4.79 Å². The van der Waals surface area contributed by atoms with Gasteiger partial charge < -0.3 is 39.6 Å². The molecule has 4 bridgehead atoms. The number of hydrogen-bond acceptors (Lipinski definition) is 10. The van der Waals surface area contributed by atoms with Gasteiger partial charge in [0.1, 0.15) is 6.61 Å². The van der Waals surface area contributed by atoms with Gasteiger partial charge in [-0.05, 0) is 101 Å². The lowest BCUT2D eigenvalue weighted by atomic mass is 9.28. The van der Waals surface area contributed by atoms with Crippen LogP contribution in [-0.4, -0.2) is 97.3 Å². The second-order valence-corrected chi connectivity index (χ2v) is 16.4. The van der Waals surface area contributed by atoms with Crippen LogP contribution in [0.2, 0.25) is 0 Å². The third-order valence-electron chi connectivity index (χ3n) is 13.6. The number of aromatic hydroxyl groups is 1. The Morgan fingerprint density at radius 3 is 2.43 bits per heavy atom. The van der Waals surface area contributed by atoms with Crippen molar-refractivity contribution in [1.82, 2.24) is 4.90 Å². The summed E-state index contributed by atoms with van der Waals surface area (Å²) in [6, 6.07) is 3.88. The number of likely N-dealkylation sites (tertiary alicyclic amines) is 1. The first-order valence-corrected chi connectivity index (χ1v) is 17.8. The third kappa shape index (κ3) is 5.06. The van der Waals surface area contributed by atoms with E-state index in [0.717, 1.165) is 62.2 Å². The molecule has 0 amide bonds. The highest BCUT2D eigenvalue weighted by Gasteiger charge is 2.82. The number of phenolic OH excluding ortho intramolecular Hbond substituents is 1. The van der Waals surface area contributed by atoms with Crippen molar-refractivity contribution in [2.75, 3.05) is 53.2 Å². The molecule has 1 aromatic rings. The normalized spacial score (nSPS) is 35.9. The minimum atomic E-state index is -1.07. The fraction of sp³-hybridized carbons (Fsp3) is 0.811. The molecule has 6 aliphatic rings. The van der Waals surface area contributed by atoms with Crippen molar-refractivity contribution in [2.45, 2.75) is 115 Å². The molecule has 1 heterocycles. The predicted molar refractivity (Wildman–Crippen MR) is 178 cm³/mol. The van der Waals surface area contributed by atoms with Gasteiger partial charge in [-0.25, -0.2) is 4.79 Å². The lowest BCUT2D eigenvalue weighted by Crippen LogP contribution is -2.90. The number of phenols is 1. The summed E-state index contributed by atoms with van der Waals surface area (Å²) in [5, 5.41) is 24.6. The largest absolute Gasteiger partial charge is 0.514 e. The van der Waals surface area contributed by atoms with E-state index in [0.29, 0.717) is 19.8 Å². The van der Waals surface area contributed by atoms with E-state index in [2.05, 4.69) is 32.6 Å². The average molecular weight is 659 g/mol. The molecule has 47 heavy (non-hydrogen) atoms. The Morgan fingerprint density at radius 2 is 1.77 bits per heavy atom. The molecular formula is C37H58N2O8. The molecule has 7 rings (SSSR count). The highest BCUT2D eigenvalue weighted by Crippen LogP contribution is 2.77. The lowest BCUT2D eigenvalue weighted by molar-refractivity contribution is -0.315. The van der Waals surface area contributed by atoms with Gasteiger partial charge >= 0.3 is 6.16 Å². The molecule has 4 saturated carbocycles. The first kappa shape index (κ1) is 34.9. The van der Waals surface area contributed by atoms with E-state index < -0.39 is 33.7 Å². The van der Waals surface area contributed by atoms with Gasteiger partial charge in [-0.1, -0.05) is 26.8 Å². The number of benzene rings is 1. The average Bonchev–Trinajstić information content (AvgIpc) is 3.83. The third-order valence-corrected chi connectivity index (χ3v) is 13.6. The van der Waals surface area contributed by atoms with Crippen LogP contribution in [0.3, 0.4) is 0 Å². The van der Waals surface area contributed by atoms with E-state index >= 15 is 0 Å². The van der Waals surface area contributed by atoms with Crippen LogP contribution in [-0.2, 0) is 30.8 Å². The topological polar surface area (TPSA) is 133 Å². The fourth-order valence-corrected chi connectivity index (χ4v) is 10.7. The Morgan fingerprint density at radius 1 is 1.06 bits per heavy atom. The van der Waals surface area contributed by atoms with Crippen LogP contribution >= 0.6 is 0 Å². The summed E-state index contributed by atoms with van der Waals surface area (Å²) >= 11 is 0. The fourth-order valence-electron chi connectivity index (χ4n) is 10.7. The molecule has 1 spiro atoms. The van der Waals surface area contributed by atoms with E-state index in [-0.39, 0.29) is 42.1 Å². The quantitative estimate of drug-likeness (QED) is 0.161. The summed E-state index contributed by atoms with van der Waals surface area (Å²) in [6.07, 6.45) is 5.51. The van der Waals surface area contributed by atoms with Gasteiger partial charge in [0.25, 0.3) is 0 Å². The molecule has 0 aromatic heterocycles. The molecule has 10 nitrogen and oxygen atoms in total. The number of nitrogens with zero attached hydrogens (tertiary/aromatic N) is 1. The molecule has 7 atom stereocenters. The zero-order valence-corrected chi connectivity index (χ0v) is 29.7. The van der Waals surface area contributed by atoms with Gasteiger partial charge in [0.2, 0.25) is 0 Å². The number of piperidine rings is 1. The molecule has 1 saturated heterocycles. The molecule has 5 fully saturated rings. The Balaban J connectivity index is 1.40. The summed E-state index contributed by atoms with van der Waals surface area (Å²) in [5.41, 5.74) is 5.32. The second kappa shape index (κ2) is 12.1. The molecular weight excluding hydrogens is 600 g/mol. The number of carbonyl (C=O) groups is 1. The number of methoxy groups -OCH3 is 1. The van der Waals surface area contributed by atoms with E-state index in [4.69, 9.17) is 29.4 Å². The molecule has 0 radical (unpaired) electrons. The zero-order valence-electron chi connectivity index (χ0n) is 29.7. The minimum absolute atomic E-state index is 0.0224. The molecule has 7 unspecified atom stereocenters. The maximum Gasteiger partial charge on any atom is 0.514 e. The van der Waals surface area contributed by atoms with Crippen LogP contribution in [0, 0.1) is 22.7 Å². The van der Waals surface area contributed by atoms with Gasteiger partial charge in [-0.15, -0.1) is 0 Å². The maximum atomic E-state index is 12.8. The number of hydrogen-bond donors (Lipinski definition) is 3. The number of carbonyl (C=O) groups excluding carboxylic acids is 1. The van der Waals surface area contributed by atoms with Crippen LogP contribution in [0.5, 0.6) is 11.5 Å². The summed E-state index contributed by atoms with van der Waals surface area (Å²) in [6.45, 7) is 16.0. The van der Waals surface area contributed by atoms with Crippen molar-refractivity contribution in [3.05, 3.63) is 23.3 Å². The SMILES string of the molecule is CCOCCOCCOC(=O)Oc1ccc2c(c1O)C13CCN(CC4CC4)C(C2)C12CCC(OC)(C(C(C)(O)C(C)(C)C)C2)C3(C)N. The van der Waals surface area contributed by atoms with Crippen molar-refractivity contribution >= 4 is 6.16 Å². The maximum absolute atomic E-state index is 12.8. The predicted octanol–water partition coefficient (Wildman–Crippen LogP) is 4.94. The molecule has 264 valence electrons. The first-order valence-electron chi connectivity index (χ1n) is 17.8. The van der Waals surface area contributed by atoms with Crippen LogP contribution in [0.1, 0.15) is 91.2 Å². The highest BCUT2D eigenvalue weighted by atomic mass is 16.7. The minimum Gasteiger partial charge on any atom is -0.504 e. The van der Waals surface area contributed by atoms with Gasteiger partial charge in [0, 0.05) is 43.2 Å². The molecule has 4 N–H and O–H groups in total. The number of ether oxygens (including phenoxy) is 5. The van der Waals surface area contributed by atoms with E-state index in [1.165, 1.54) is 12.8 Å². The van der Waals surface area contributed by atoms with Crippen LogP contribution < -0.4 is 10.5 Å². The zero-order chi connectivity index (χ0) is 34.0. The molecule has 1 aliphatic heterocycles. The van der Waals surface area contributed by atoms with Crippen molar-refractivity contribution in [2.24, 2.45) is 28.4 Å². The summed E-state index contributed by atoms with van der Waals surface area (Å²) in [4.78, 5) is 15.5. The van der Waals surface area contributed by atoms with Gasteiger partial charge in [0.05, 0.1) is 36.6 Å². The molecule has 10 heteroatoms. The number of rotatable bonds is 12. The van der Waals surface area contributed by atoms with Crippen LogP contribution in [0.15, 0.2) is 12.1 Å². The summed E-state index contributed by atoms with van der Waals surface area (Å²) in [5.74, 6) is 0.523. The van der Waals surface area contributed by atoms with Crippen molar-refractivity contribution < 1.29 is 38.7 Å². The lowest BCUT2D eigenvalue weighted by Gasteiger charge is -2.81. The Kier molecular flexibility index (Phi) is 9.00. The number of fused-ring (bicyclic) bond motifs is 3. The Hall–Kier alpha value is -1.95. The highest BCUT2D eigenvalue weighted by molar-refractivity contribution is 5.68. The van der Waals surface area contributed by atoms with E-state index in [9.17, 15) is 15.0 Å². The second-order valence-electron chi connectivity index (χ2n) is 16.4. The number of aliphatic hydroxyl groups is 1. The smallest absolute Gasteiger partial charge is 0.504 e. The molecule has 1 aromatic carbocycles. The summed E-state index contributed by atoms with van der Waals surface area (Å²) < 4.78 is 28.3. The van der Waals surface area contributed by atoms with Gasteiger partial charge in [-0.2, -0.15) is 0 Å². The van der Waals surface area contributed by atoms with Gasteiger partial charge in [-0.3, -0.25) is 4.90 Å². The van der Waals surface area contributed by atoms with Crippen molar-refractivity contribution in [1.29, 1.82) is 0 Å². The Bertz CT molecular complexity index is 1340. The summed E-state index contributed by atoms with van der Waals surface area (Å²) in [7, 11) is 1.74. The standard InChI is InChI=1S/C37H58N2O8/c1-8-44-17-18-45-19-20-46-31(41)47-26-12-11-25-21-28-35-13-14-37(43-7,27(22-35)33(5,42)32(2,3)4)34(6,38)36(35,29(25)30(26)40)15-16-39(28)23-24-9-10-24/h11-12,24,27-28,40,42H,8-10,13-23,38H2,1-7H3.